The Labute approximate surface area is 231 Å². The van der Waals surface area contributed by atoms with Crippen LogP contribution in [0.1, 0.15) is 39.5 Å². The Morgan fingerprint density at radius 2 is 1.87 bits per heavy atom. The highest BCUT2D eigenvalue weighted by molar-refractivity contribution is 6.04. The lowest BCUT2D eigenvalue weighted by Crippen LogP contribution is -2.56. The second kappa shape index (κ2) is 12.3. The van der Waals surface area contributed by atoms with Crippen LogP contribution in [0, 0.1) is 11.8 Å². The minimum atomic E-state index is -1.14. The molecular weight excluding hydrogens is 498 g/mol. The third-order valence-corrected chi connectivity index (χ3v) is 8.31. The highest BCUT2D eigenvalue weighted by atomic mass is 16.6. The fourth-order valence-corrected chi connectivity index (χ4v) is 6.58. The number of aliphatic hydroxyl groups excluding tert-OH is 1. The van der Waals surface area contributed by atoms with E-state index < -0.39 is 35.6 Å². The first kappa shape index (κ1) is 28.8. The number of benzene rings is 1. The quantitative estimate of drug-likeness (QED) is 0.220. The monoisotopic (exact) mass is 539 g/mol. The van der Waals surface area contributed by atoms with Crippen molar-refractivity contribution >= 4 is 29.2 Å². The number of aliphatic hydroxyl groups is 1. The molecule has 3 heterocycles. The van der Waals surface area contributed by atoms with Gasteiger partial charge in [-0.05, 0) is 63.8 Å². The van der Waals surface area contributed by atoms with Crippen molar-refractivity contribution in [1.82, 2.24) is 4.90 Å². The Bertz CT molecular complexity index is 1070. The van der Waals surface area contributed by atoms with Gasteiger partial charge in [-0.15, -0.1) is 13.2 Å². The zero-order valence-electron chi connectivity index (χ0n) is 23.1. The number of hydrogen-bond donors (Lipinski definition) is 1. The van der Waals surface area contributed by atoms with Crippen molar-refractivity contribution in [2.75, 3.05) is 49.2 Å². The van der Waals surface area contributed by atoms with E-state index >= 15 is 0 Å². The number of carbonyl (C=O) groups excluding carboxylic acids is 3. The van der Waals surface area contributed by atoms with Crippen molar-refractivity contribution in [3.8, 4) is 0 Å². The van der Waals surface area contributed by atoms with E-state index in [1.54, 1.807) is 17.1 Å². The molecule has 2 unspecified atom stereocenters. The van der Waals surface area contributed by atoms with E-state index in [2.05, 4.69) is 31.9 Å². The topological polar surface area (TPSA) is 99.6 Å². The van der Waals surface area contributed by atoms with Crippen LogP contribution in [0.5, 0.6) is 0 Å². The molecule has 1 aromatic carbocycles. The normalized spacial score (nSPS) is 26.8. The van der Waals surface area contributed by atoms with Crippen molar-refractivity contribution in [1.29, 1.82) is 0 Å². The molecule has 3 fully saturated rings. The molecule has 1 spiro atoms. The zero-order chi connectivity index (χ0) is 28.2. The highest BCUT2D eigenvalue weighted by Crippen LogP contribution is 2.58. The van der Waals surface area contributed by atoms with Crippen molar-refractivity contribution in [2.24, 2.45) is 11.8 Å². The highest BCUT2D eigenvalue weighted by Gasteiger charge is 2.75. The number of hydrogen-bond acceptors (Lipinski definition) is 7. The van der Waals surface area contributed by atoms with Crippen LogP contribution in [0.15, 0.2) is 49.6 Å². The first-order valence-electron chi connectivity index (χ1n) is 14.0. The molecule has 0 saturated carbocycles. The molecule has 1 aromatic rings. The molecule has 4 rings (SSSR count). The van der Waals surface area contributed by atoms with Crippen LogP contribution in [-0.2, 0) is 23.9 Å². The van der Waals surface area contributed by atoms with Gasteiger partial charge < -0.3 is 29.3 Å². The molecule has 0 aliphatic carbocycles. The molecule has 2 amide bonds. The molecule has 39 heavy (non-hydrogen) atoms. The maximum Gasteiger partial charge on any atom is 0.312 e. The summed E-state index contributed by atoms with van der Waals surface area (Å²) in [5.74, 6) is -2.70. The lowest BCUT2D eigenvalue weighted by molar-refractivity contribution is -0.155. The SMILES string of the molecule is C=CCCCOC(=O)[C@@H]1[C@H]2C(=O)N(CCO)C(C(=O)N(CC=C)c3ccc(N(CC)CC)cc3)C23CC[C@H]1O3. The van der Waals surface area contributed by atoms with Gasteiger partial charge in [0.05, 0.1) is 31.2 Å². The fourth-order valence-electron chi connectivity index (χ4n) is 6.58. The summed E-state index contributed by atoms with van der Waals surface area (Å²) >= 11 is 0. The van der Waals surface area contributed by atoms with Crippen molar-refractivity contribution in [3.05, 3.63) is 49.6 Å². The Balaban J connectivity index is 1.65. The number of anilines is 2. The number of allylic oxidation sites excluding steroid dienone is 1. The summed E-state index contributed by atoms with van der Waals surface area (Å²) in [6.07, 6.45) is 5.35. The number of ether oxygens (including phenoxy) is 2. The zero-order valence-corrected chi connectivity index (χ0v) is 23.1. The van der Waals surface area contributed by atoms with E-state index in [4.69, 9.17) is 9.47 Å². The average Bonchev–Trinajstić information content (AvgIpc) is 3.58. The summed E-state index contributed by atoms with van der Waals surface area (Å²) in [7, 11) is 0. The van der Waals surface area contributed by atoms with Crippen molar-refractivity contribution in [3.63, 3.8) is 0 Å². The summed E-state index contributed by atoms with van der Waals surface area (Å²) in [6.45, 7) is 13.6. The van der Waals surface area contributed by atoms with Gasteiger partial charge in [-0.2, -0.15) is 0 Å². The van der Waals surface area contributed by atoms with Gasteiger partial charge in [-0.3, -0.25) is 14.4 Å². The third-order valence-electron chi connectivity index (χ3n) is 8.31. The fraction of sp³-hybridized carbons (Fsp3) is 0.567. The molecule has 3 aliphatic rings. The third kappa shape index (κ3) is 5.10. The molecule has 5 atom stereocenters. The van der Waals surface area contributed by atoms with Gasteiger partial charge in [0.15, 0.2) is 0 Å². The molecule has 9 heteroatoms. The van der Waals surface area contributed by atoms with Crippen molar-refractivity contribution < 1.29 is 29.0 Å². The largest absolute Gasteiger partial charge is 0.465 e. The predicted octanol–water partition coefficient (Wildman–Crippen LogP) is 2.93. The first-order valence-corrected chi connectivity index (χ1v) is 14.0. The second-order valence-corrected chi connectivity index (χ2v) is 10.3. The Morgan fingerprint density at radius 3 is 2.49 bits per heavy atom. The van der Waals surface area contributed by atoms with Crippen LogP contribution in [0.3, 0.4) is 0 Å². The van der Waals surface area contributed by atoms with E-state index in [1.807, 2.05) is 24.3 Å². The standard InChI is InChI=1S/C30H41N3O6/c1-5-9-10-20-38-29(37)24-23-15-16-30(39-23)25(24)27(35)33(18-19-34)26(30)28(36)32(17-6-2)22-13-11-21(12-14-22)31(7-3)8-4/h5-6,11-14,23-26,34H,1-2,7-10,15-20H2,3-4H3/t23-,24+,25+,26?,30?/m1/s1. The van der Waals surface area contributed by atoms with Gasteiger partial charge in [0.2, 0.25) is 5.91 Å². The number of fused-ring (bicyclic) bond motifs is 1. The van der Waals surface area contributed by atoms with Gasteiger partial charge in [-0.25, -0.2) is 0 Å². The summed E-state index contributed by atoms with van der Waals surface area (Å²) in [5, 5.41) is 9.82. The molecule has 9 nitrogen and oxygen atoms in total. The number of rotatable bonds is 14. The summed E-state index contributed by atoms with van der Waals surface area (Å²) in [4.78, 5) is 46.5. The van der Waals surface area contributed by atoms with E-state index in [0.29, 0.717) is 24.9 Å². The predicted molar refractivity (Wildman–Crippen MR) is 149 cm³/mol. The number of amides is 2. The number of nitrogens with zero attached hydrogens (tertiary/aromatic N) is 3. The molecule has 3 saturated heterocycles. The molecule has 0 radical (unpaired) electrons. The Hall–Kier alpha value is -3.17. The number of unbranched alkanes of at least 4 members (excludes halogenated alkanes) is 1. The molecule has 3 aliphatic heterocycles. The summed E-state index contributed by atoms with van der Waals surface area (Å²) < 4.78 is 12.0. The van der Waals surface area contributed by atoms with Crippen LogP contribution in [-0.4, -0.2) is 84.9 Å². The molecule has 0 aromatic heterocycles. The number of β-amino-alcohol motifs (C(OH)–C–C–N with tert-alkyl or cyclic N) is 1. The van der Waals surface area contributed by atoms with Crippen LogP contribution < -0.4 is 9.80 Å². The Kier molecular flexibility index (Phi) is 9.12. The van der Waals surface area contributed by atoms with Crippen LogP contribution in [0.4, 0.5) is 11.4 Å². The molecule has 1 N–H and O–H groups in total. The average molecular weight is 540 g/mol. The van der Waals surface area contributed by atoms with Gasteiger partial charge in [0.1, 0.15) is 11.6 Å². The van der Waals surface area contributed by atoms with Gasteiger partial charge in [0, 0.05) is 37.6 Å². The number of likely N-dealkylation sites (tertiary alicyclic amines) is 1. The molecular formula is C30H41N3O6. The van der Waals surface area contributed by atoms with Crippen molar-refractivity contribution in [2.45, 2.75) is 57.3 Å². The van der Waals surface area contributed by atoms with Crippen LogP contribution in [0.2, 0.25) is 0 Å². The number of carbonyl (C=O) groups is 3. The minimum Gasteiger partial charge on any atom is -0.465 e. The van der Waals surface area contributed by atoms with E-state index in [9.17, 15) is 19.5 Å². The van der Waals surface area contributed by atoms with E-state index in [-0.39, 0.29) is 38.1 Å². The summed E-state index contributed by atoms with van der Waals surface area (Å²) in [6, 6.07) is 6.79. The maximum absolute atomic E-state index is 14.3. The van der Waals surface area contributed by atoms with E-state index in [0.717, 1.165) is 25.2 Å². The first-order chi connectivity index (χ1) is 18.9. The lowest BCUT2D eigenvalue weighted by atomic mass is 9.70. The van der Waals surface area contributed by atoms with Crippen LogP contribution >= 0.6 is 0 Å². The second-order valence-electron chi connectivity index (χ2n) is 10.3. The molecule has 2 bridgehead atoms. The van der Waals surface area contributed by atoms with Gasteiger partial charge in [0.25, 0.3) is 5.91 Å². The van der Waals surface area contributed by atoms with Crippen LogP contribution in [0.25, 0.3) is 0 Å². The van der Waals surface area contributed by atoms with Gasteiger partial charge >= 0.3 is 5.97 Å². The lowest BCUT2D eigenvalue weighted by Gasteiger charge is -2.36. The van der Waals surface area contributed by atoms with Gasteiger partial charge in [-0.1, -0.05) is 12.2 Å². The Morgan fingerprint density at radius 1 is 1.18 bits per heavy atom. The summed E-state index contributed by atoms with van der Waals surface area (Å²) in [5.41, 5.74) is 0.593. The minimum absolute atomic E-state index is 0.0224. The smallest absolute Gasteiger partial charge is 0.312 e. The maximum atomic E-state index is 14.3. The molecule has 212 valence electrons. The number of esters is 1. The van der Waals surface area contributed by atoms with E-state index in [1.165, 1.54) is 4.90 Å².